The van der Waals surface area contributed by atoms with E-state index >= 15 is 0 Å². The highest BCUT2D eigenvalue weighted by Crippen LogP contribution is 2.01. The molecule has 0 aliphatic rings. The van der Waals surface area contributed by atoms with Crippen molar-refractivity contribution >= 4 is 11.9 Å². The molecule has 0 unspecified atom stereocenters. The molecular formula is C18H19NO4. The van der Waals surface area contributed by atoms with Gasteiger partial charge in [0.2, 0.25) is 0 Å². The second kappa shape index (κ2) is 9.38. The third kappa shape index (κ3) is 6.32. The summed E-state index contributed by atoms with van der Waals surface area (Å²) >= 11 is 0. The first-order valence-electron chi connectivity index (χ1n) is 7.36. The van der Waals surface area contributed by atoms with Gasteiger partial charge in [-0.3, -0.25) is 4.79 Å². The van der Waals surface area contributed by atoms with Crippen LogP contribution in [0.15, 0.2) is 60.7 Å². The fourth-order valence-corrected chi connectivity index (χ4v) is 1.87. The predicted octanol–water partition coefficient (Wildman–Crippen LogP) is 2.81. The van der Waals surface area contributed by atoms with Gasteiger partial charge in [-0.25, -0.2) is 4.79 Å². The number of alkyl carbamates (subject to hydrolysis) is 1. The van der Waals surface area contributed by atoms with Crippen molar-refractivity contribution in [1.82, 2.24) is 5.32 Å². The number of Topliss-reactive ketones (excluding diaryl/α,β-unsaturated/α-hetero) is 1. The van der Waals surface area contributed by atoms with Crippen molar-refractivity contribution in [2.24, 2.45) is 0 Å². The summed E-state index contributed by atoms with van der Waals surface area (Å²) in [5.74, 6) is -0.0859. The molecule has 1 amide bonds. The van der Waals surface area contributed by atoms with Crippen LogP contribution in [0.4, 0.5) is 4.79 Å². The molecule has 0 atom stereocenters. The minimum atomic E-state index is -0.508. The number of carbonyl (C=O) groups excluding carboxylic acids is 2. The molecule has 2 aromatic carbocycles. The number of amides is 1. The molecule has 0 bridgehead atoms. The number of carbonyl (C=O) groups is 2. The van der Waals surface area contributed by atoms with E-state index in [1.54, 1.807) is 24.3 Å². The molecule has 1 N–H and O–H groups in total. The highest BCUT2D eigenvalue weighted by Gasteiger charge is 2.05. The van der Waals surface area contributed by atoms with Gasteiger partial charge in [0.15, 0.2) is 5.78 Å². The summed E-state index contributed by atoms with van der Waals surface area (Å²) in [4.78, 5) is 23.2. The van der Waals surface area contributed by atoms with Crippen LogP contribution in [0.25, 0.3) is 0 Å². The van der Waals surface area contributed by atoms with E-state index in [0.29, 0.717) is 5.56 Å². The molecule has 0 radical (unpaired) electrons. The van der Waals surface area contributed by atoms with Crippen LogP contribution < -0.4 is 5.32 Å². The molecule has 5 nitrogen and oxygen atoms in total. The molecule has 0 saturated heterocycles. The maximum Gasteiger partial charge on any atom is 0.407 e. The van der Waals surface area contributed by atoms with Crippen LogP contribution in [0, 0.1) is 0 Å². The summed E-state index contributed by atoms with van der Waals surface area (Å²) in [6.07, 6.45) is -0.508. The summed E-state index contributed by atoms with van der Waals surface area (Å²) in [5.41, 5.74) is 1.54. The second-order valence-electron chi connectivity index (χ2n) is 4.83. The smallest absolute Gasteiger partial charge is 0.407 e. The number of rotatable bonds is 8. The number of benzene rings is 2. The Morgan fingerprint density at radius 2 is 1.57 bits per heavy atom. The third-order valence-electron chi connectivity index (χ3n) is 3.06. The molecule has 120 valence electrons. The van der Waals surface area contributed by atoms with Crippen LogP contribution >= 0.6 is 0 Å². The van der Waals surface area contributed by atoms with E-state index in [1.165, 1.54) is 0 Å². The van der Waals surface area contributed by atoms with Gasteiger partial charge in [-0.15, -0.1) is 0 Å². The third-order valence-corrected chi connectivity index (χ3v) is 3.06. The first-order chi connectivity index (χ1) is 11.3. The largest absolute Gasteiger partial charge is 0.445 e. The fraction of sp³-hybridized carbons (Fsp3) is 0.222. The zero-order valence-electron chi connectivity index (χ0n) is 12.7. The molecule has 0 saturated carbocycles. The predicted molar refractivity (Wildman–Crippen MR) is 86.2 cm³/mol. The van der Waals surface area contributed by atoms with Crippen molar-refractivity contribution in [2.75, 3.05) is 19.8 Å². The normalized spacial score (nSPS) is 10.1. The first-order valence-corrected chi connectivity index (χ1v) is 7.36. The maximum atomic E-state index is 11.8. The summed E-state index contributed by atoms with van der Waals surface area (Å²) in [6.45, 7) is 0.749. The first kappa shape index (κ1) is 16.7. The molecule has 0 fully saturated rings. The van der Waals surface area contributed by atoms with Gasteiger partial charge in [0.25, 0.3) is 0 Å². The van der Waals surface area contributed by atoms with Crippen LogP contribution in [0.5, 0.6) is 0 Å². The summed E-state index contributed by atoms with van der Waals surface area (Å²) in [7, 11) is 0. The molecule has 23 heavy (non-hydrogen) atoms. The Balaban J connectivity index is 1.55. The summed E-state index contributed by atoms with van der Waals surface area (Å²) in [6, 6.07) is 18.4. The van der Waals surface area contributed by atoms with E-state index in [4.69, 9.17) is 9.47 Å². The van der Waals surface area contributed by atoms with Gasteiger partial charge in [0.05, 0.1) is 6.61 Å². The molecular weight excluding hydrogens is 294 g/mol. The lowest BCUT2D eigenvalue weighted by Gasteiger charge is -2.07. The molecule has 0 spiro atoms. The van der Waals surface area contributed by atoms with Crippen LogP contribution in [-0.2, 0) is 16.1 Å². The number of hydrogen-bond acceptors (Lipinski definition) is 4. The highest BCUT2D eigenvalue weighted by molar-refractivity contribution is 5.96. The molecule has 0 aliphatic carbocycles. The Morgan fingerprint density at radius 3 is 2.26 bits per heavy atom. The van der Waals surface area contributed by atoms with Gasteiger partial charge in [0, 0.05) is 12.1 Å². The van der Waals surface area contributed by atoms with Crippen molar-refractivity contribution in [3.05, 3.63) is 71.8 Å². The summed E-state index contributed by atoms with van der Waals surface area (Å²) in [5, 5.41) is 2.57. The zero-order chi connectivity index (χ0) is 16.3. The van der Waals surface area contributed by atoms with Gasteiger partial charge in [-0.05, 0) is 5.56 Å². The molecule has 2 aromatic rings. The Hall–Kier alpha value is -2.66. The lowest BCUT2D eigenvalue weighted by Crippen LogP contribution is -2.28. The number of ether oxygens (including phenoxy) is 2. The van der Waals surface area contributed by atoms with E-state index in [1.807, 2.05) is 36.4 Å². The van der Waals surface area contributed by atoms with E-state index < -0.39 is 6.09 Å². The Labute approximate surface area is 135 Å². The van der Waals surface area contributed by atoms with Crippen molar-refractivity contribution in [1.29, 1.82) is 0 Å². The van der Waals surface area contributed by atoms with Gasteiger partial charge < -0.3 is 14.8 Å². The Bertz CT molecular complexity index is 613. The monoisotopic (exact) mass is 313 g/mol. The van der Waals surface area contributed by atoms with E-state index in [-0.39, 0.29) is 32.1 Å². The standard InChI is InChI=1S/C18H19NO4/c20-17(16-9-5-2-6-10-16)14-22-12-11-19-18(21)23-13-15-7-3-1-4-8-15/h1-10H,11-14H2,(H,19,21). The van der Waals surface area contributed by atoms with E-state index in [2.05, 4.69) is 5.32 Å². The molecule has 5 heteroatoms. The molecule has 0 aliphatic heterocycles. The average Bonchev–Trinajstić information content (AvgIpc) is 2.61. The van der Waals surface area contributed by atoms with Crippen molar-refractivity contribution in [2.45, 2.75) is 6.61 Å². The SMILES string of the molecule is O=C(NCCOCC(=O)c1ccccc1)OCc1ccccc1. The van der Waals surface area contributed by atoms with Gasteiger partial charge in [-0.2, -0.15) is 0 Å². The second-order valence-corrected chi connectivity index (χ2v) is 4.83. The average molecular weight is 313 g/mol. The number of ketones is 1. The van der Waals surface area contributed by atoms with Crippen molar-refractivity contribution < 1.29 is 19.1 Å². The van der Waals surface area contributed by atoms with E-state index in [9.17, 15) is 9.59 Å². The zero-order valence-corrected chi connectivity index (χ0v) is 12.7. The van der Waals surface area contributed by atoms with Gasteiger partial charge >= 0.3 is 6.09 Å². The van der Waals surface area contributed by atoms with Gasteiger partial charge in [-0.1, -0.05) is 60.7 Å². The fourth-order valence-electron chi connectivity index (χ4n) is 1.87. The number of nitrogens with one attached hydrogen (secondary N) is 1. The molecule has 0 aromatic heterocycles. The maximum absolute atomic E-state index is 11.8. The molecule has 0 heterocycles. The minimum Gasteiger partial charge on any atom is -0.445 e. The van der Waals surface area contributed by atoms with Crippen LogP contribution in [0.1, 0.15) is 15.9 Å². The van der Waals surface area contributed by atoms with Crippen LogP contribution in [-0.4, -0.2) is 31.6 Å². The lowest BCUT2D eigenvalue weighted by atomic mass is 10.1. The van der Waals surface area contributed by atoms with Gasteiger partial charge in [0.1, 0.15) is 13.2 Å². The molecule has 2 rings (SSSR count). The van der Waals surface area contributed by atoms with E-state index in [0.717, 1.165) is 5.56 Å². The topological polar surface area (TPSA) is 64.6 Å². The highest BCUT2D eigenvalue weighted by atomic mass is 16.5. The minimum absolute atomic E-state index is 0.00917. The van der Waals surface area contributed by atoms with Crippen molar-refractivity contribution in [3.8, 4) is 0 Å². The lowest BCUT2D eigenvalue weighted by molar-refractivity contribution is 0.0759. The number of hydrogen-bond donors (Lipinski definition) is 1. The van der Waals surface area contributed by atoms with Crippen LogP contribution in [0.3, 0.4) is 0 Å². The van der Waals surface area contributed by atoms with Crippen molar-refractivity contribution in [3.63, 3.8) is 0 Å². The summed E-state index contributed by atoms with van der Waals surface area (Å²) < 4.78 is 10.3. The Kier molecular flexibility index (Phi) is 6.81. The quantitative estimate of drug-likeness (QED) is 0.601. The van der Waals surface area contributed by atoms with Crippen LogP contribution in [0.2, 0.25) is 0 Å². The Morgan fingerprint density at radius 1 is 0.913 bits per heavy atom.